The number of fused-ring (bicyclic) bond motifs is 2. The Hall–Kier alpha value is -5.20. The summed E-state index contributed by atoms with van der Waals surface area (Å²) in [5.41, 5.74) is 5.45. The van der Waals surface area contributed by atoms with Crippen LogP contribution in [0.3, 0.4) is 0 Å². The second-order valence-corrected chi connectivity index (χ2v) is 11.0. The van der Waals surface area contributed by atoms with Crippen LogP contribution in [0.2, 0.25) is 0 Å². The lowest BCUT2D eigenvalue weighted by atomic mass is 9.84. The number of nitrogens with two attached hydrogens (primary N) is 1. The van der Waals surface area contributed by atoms with Gasteiger partial charge in [0.05, 0.1) is 28.7 Å². The van der Waals surface area contributed by atoms with Crippen molar-refractivity contribution in [1.82, 2.24) is 24.7 Å². The molecular weight excluding hydrogens is 548 g/mol. The number of amides is 1. The van der Waals surface area contributed by atoms with Crippen molar-refractivity contribution in [2.24, 2.45) is 5.41 Å². The standard InChI is InChI=1S/C29H25F2N7O4/c1-28(2,27(40)41)11-16-13-42-26(33-16)29(3)20-22(32)34-24(35-23(20)36-25(29)39)21-17-10-15(30)8-9-19(17)38(37-21)12-14-6-4-5-7-18(14)31/h4-10,13H,11-12H2,1-3H3,(H,40,41)(H3,32,34,35,36,39). The third-order valence-electron chi connectivity index (χ3n) is 7.51. The van der Waals surface area contributed by atoms with Crippen LogP contribution in [0.15, 0.2) is 53.1 Å². The van der Waals surface area contributed by atoms with Gasteiger partial charge >= 0.3 is 5.97 Å². The molecule has 0 bridgehead atoms. The van der Waals surface area contributed by atoms with Gasteiger partial charge in [-0.05, 0) is 45.0 Å². The predicted octanol–water partition coefficient (Wildman–Crippen LogP) is 4.30. The Labute approximate surface area is 237 Å². The molecule has 2 aromatic carbocycles. The molecule has 42 heavy (non-hydrogen) atoms. The van der Waals surface area contributed by atoms with E-state index in [9.17, 15) is 23.5 Å². The maximum atomic E-state index is 14.4. The molecule has 214 valence electrons. The van der Waals surface area contributed by atoms with Gasteiger partial charge in [-0.3, -0.25) is 14.3 Å². The van der Waals surface area contributed by atoms with E-state index in [1.165, 1.54) is 35.2 Å². The SMILES string of the molecule is CC(C)(Cc1coc(C2(C)C(=O)Nc3nc(-c4nn(Cc5ccccc5F)c5ccc(F)cc45)nc(N)c32)n1)C(=O)O. The van der Waals surface area contributed by atoms with Gasteiger partial charge in [0, 0.05) is 17.4 Å². The number of carbonyl (C=O) groups is 2. The molecule has 5 aromatic rings. The monoisotopic (exact) mass is 573 g/mol. The van der Waals surface area contributed by atoms with Crippen LogP contribution in [0.4, 0.5) is 20.4 Å². The summed E-state index contributed by atoms with van der Waals surface area (Å²) in [6.45, 7) is 4.74. The molecule has 4 N–H and O–H groups in total. The van der Waals surface area contributed by atoms with E-state index in [2.05, 4.69) is 25.4 Å². The average molecular weight is 574 g/mol. The van der Waals surface area contributed by atoms with Crippen LogP contribution in [-0.2, 0) is 28.0 Å². The molecule has 0 radical (unpaired) electrons. The number of carbonyl (C=O) groups excluding carboxylic acids is 1. The van der Waals surface area contributed by atoms with Crippen molar-refractivity contribution < 1.29 is 27.9 Å². The van der Waals surface area contributed by atoms with Crippen molar-refractivity contribution in [1.29, 1.82) is 0 Å². The van der Waals surface area contributed by atoms with E-state index in [1.807, 2.05) is 0 Å². The zero-order valence-corrected chi connectivity index (χ0v) is 22.8. The first-order valence-electron chi connectivity index (χ1n) is 13.0. The number of aromatic nitrogens is 5. The number of nitrogen functional groups attached to an aromatic ring is 1. The number of carboxylic acid groups (broad SMARTS) is 1. The Bertz CT molecular complexity index is 1920. The van der Waals surface area contributed by atoms with Crippen LogP contribution in [0, 0.1) is 17.0 Å². The summed E-state index contributed by atoms with van der Waals surface area (Å²) in [6.07, 6.45) is 1.38. The van der Waals surface area contributed by atoms with Crippen LogP contribution in [0.25, 0.3) is 22.4 Å². The molecule has 0 saturated carbocycles. The Kier molecular flexibility index (Phi) is 6.06. The molecule has 1 aliphatic rings. The first kappa shape index (κ1) is 27.0. The number of halogens is 2. The Morgan fingerprint density at radius 3 is 2.67 bits per heavy atom. The smallest absolute Gasteiger partial charge is 0.309 e. The number of anilines is 2. The van der Waals surface area contributed by atoms with Gasteiger partial charge in [-0.2, -0.15) is 5.10 Å². The topological polar surface area (TPSA) is 162 Å². The third-order valence-corrected chi connectivity index (χ3v) is 7.51. The van der Waals surface area contributed by atoms with Crippen molar-refractivity contribution in [3.05, 3.63) is 83.1 Å². The maximum absolute atomic E-state index is 14.4. The summed E-state index contributed by atoms with van der Waals surface area (Å²) < 4.78 is 35.9. The largest absolute Gasteiger partial charge is 0.481 e. The molecule has 11 nitrogen and oxygen atoms in total. The lowest BCUT2D eigenvalue weighted by Gasteiger charge is -2.19. The molecule has 4 heterocycles. The van der Waals surface area contributed by atoms with Crippen molar-refractivity contribution in [2.45, 2.75) is 39.2 Å². The normalized spacial score (nSPS) is 16.5. The number of benzene rings is 2. The van der Waals surface area contributed by atoms with Crippen molar-refractivity contribution in [3.8, 4) is 11.5 Å². The minimum atomic E-state index is -1.51. The molecule has 1 unspecified atom stereocenters. The molecule has 1 amide bonds. The number of hydrogen-bond acceptors (Lipinski definition) is 8. The zero-order chi connectivity index (χ0) is 30.0. The Morgan fingerprint density at radius 2 is 1.93 bits per heavy atom. The number of aliphatic carboxylic acids is 1. The van der Waals surface area contributed by atoms with Crippen molar-refractivity contribution in [3.63, 3.8) is 0 Å². The fraction of sp³-hybridized carbons (Fsp3) is 0.241. The van der Waals surface area contributed by atoms with Crippen molar-refractivity contribution >= 4 is 34.4 Å². The van der Waals surface area contributed by atoms with Crippen molar-refractivity contribution in [2.75, 3.05) is 11.1 Å². The summed E-state index contributed by atoms with van der Waals surface area (Å²) in [6, 6.07) is 10.3. The quantitative estimate of drug-likeness (QED) is 0.258. The summed E-state index contributed by atoms with van der Waals surface area (Å²) in [5.74, 6) is -2.40. The molecule has 1 aliphatic heterocycles. The number of nitrogens with zero attached hydrogens (tertiary/aromatic N) is 5. The van der Waals surface area contributed by atoms with E-state index in [1.54, 1.807) is 39.0 Å². The average Bonchev–Trinajstić information content (AvgIpc) is 3.60. The van der Waals surface area contributed by atoms with Gasteiger partial charge in [0.1, 0.15) is 35.2 Å². The number of carboxylic acids is 1. The fourth-order valence-electron chi connectivity index (χ4n) is 5.09. The molecule has 0 spiro atoms. The first-order chi connectivity index (χ1) is 19.9. The van der Waals surface area contributed by atoms with E-state index in [4.69, 9.17) is 10.2 Å². The summed E-state index contributed by atoms with van der Waals surface area (Å²) >= 11 is 0. The number of hydrogen-bond donors (Lipinski definition) is 3. The van der Waals surface area contributed by atoms with Gasteiger partial charge in [-0.15, -0.1) is 0 Å². The summed E-state index contributed by atoms with van der Waals surface area (Å²) in [4.78, 5) is 38.3. The van der Waals surface area contributed by atoms with Gasteiger partial charge in [-0.25, -0.2) is 23.7 Å². The van der Waals surface area contributed by atoms with Crippen LogP contribution < -0.4 is 11.1 Å². The van der Waals surface area contributed by atoms with Gasteiger partial charge in [0.2, 0.25) is 11.8 Å². The highest BCUT2D eigenvalue weighted by Crippen LogP contribution is 2.45. The highest BCUT2D eigenvalue weighted by Gasteiger charge is 2.51. The van der Waals surface area contributed by atoms with Gasteiger partial charge < -0.3 is 20.6 Å². The molecule has 3 aromatic heterocycles. The van der Waals surface area contributed by atoms with E-state index >= 15 is 0 Å². The molecule has 0 fully saturated rings. The lowest BCUT2D eigenvalue weighted by Crippen LogP contribution is -2.33. The van der Waals surface area contributed by atoms with Crippen LogP contribution in [0.5, 0.6) is 0 Å². The highest BCUT2D eigenvalue weighted by atomic mass is 19.1. The van der Waals surface area contributed by atoms with Crippen LogP contribution in [-0.4, -0.2) is 41.7 Å². The van der Waals surface area contributed by atoms with E-state index in [0.29, 0.717) is 22.2 Å². The second kappa shape index (κ2) is 9.43. The molecule has 0 aliphatic carbocycles. The zero-order valence-electron chi connectivity index (χ0n) is 22.8. The number of nitrogens with one attached hydrogen (secondary N) is 1. The minimum Gasteiger partial charge on any atom is -0.481 e. The third kappa shape index (κ3) is 4.24. The van der Waals surface area contributed by atoms with E-state index < -0.39 is 34.3 Å². The summed E-state index contributed by atoms with van der Waals surface area (Å²) in [5, 5.41) is 17.1. The van der Waals surface area contributed by atoms with Gasteiger partial charge in [-0.1, -0.05) is 18.2 Å². The molecular formula is C29H25F2N7O4. The van der Waals surface area contributed by atoms with Gasteiger partial charge in [0.25, 0.3) is 0 Å². The fourth-order valence-corrected chi connectivity index (χ4v) is 5.09. The van der Waals surface area contributed by atoms with Gasteiger partial charge in [0.15, 0.2) is 11.2 Å². The molecule has 0 saturated heterocycles. The number of oxazole rings is 1. The summed E-state index contributed by atoms with van der Waals surface area (Å²) in [7, 11) is 0. The minimum absolute atomic E-state index is 0.000301. The number of rotatable bonds is 7. The molecule has 6 rings (SSSR count). The second-order valence-electron chi connectivity index (χ2n) is 11.0. The predicted molar refractivity (Wildman–Crippen MR) is 147 cm³/mol. The van der Waals surface area contributed by atoms with Crippen LogP contribution in [0.1, 0.15) is 43.5 Å². The van der Waals surface area contributed by atoms with E-state index in [-0.39, 0.29) is 47.6 Å². The Balaban J connectivity index is 1.42. The lowest BCUT2D eigenvalue weighted by molar-refractivity contribution is -0.146. The molecule has 1 atom stereocenters. The first-order valence-corrected chi connectivity index (χ1v) is 13.0. The Morgan fingerprint density at radius 1 is 1.17 bits per heavy atom. The van der Waals surface area contributed by atoms with Crippen LogP contribution >= 0.6 is 0 Å². The maximum Gasteiger partial charge on any atom is 0.309 e. The van der Waals surface area contributed by atoms with E-state index in [0.717, 1.165) is 0 Å². The molecule has 13 heteroatoms. The highest BCUT2D eigenvalue weighted by molar-refractivity contribution is 6.08.